The van der Waals surface area contributed by atoms with E-state index in [2.05, 4.69) is 5.32 Å². The average molecular weight is 274 g/mol. The summed E-state index contributed by atoms with van der Waals surface area (Å²) >= 11 is 10.5. The van der Waals surface area contributed by atoms with Gasteiger partial charge in [0.2, 0.25) is 5.91 Å². The molecule has 0 saturated carbocycles. The molecule has 0 aromatic heterocycles. The summed E-state index contributed by atoms with van der Waals surface area (Å²) < 4.78 is 11.0. The lowest BCUT2D eigenvalue weighted by molar-refractivity contribution is -0.140. The lowest BCUT2D eigenvalue weighted by atomic mass is 10.3. The number of hydrogen-bond donors (Lipinski definition) is 2. The molecular formula is C7H9Cl2NO4S. The van der Waals surface area contributed by atoms with E-state index in [1.54, 1.807) is 0 Å². The molecule has 1 amide bonds. The molecule has 2 atom stereocenters. The molecule has 0 spiro atoms. The Morgan fingerprint density at radius 1 is 1.53 bits per heavy atom. The normalized spacial score (nSPS) is 13.8. The van der Waals surface area contributed by atoms with Gasteiger partial charge in [0.15, 0.2) is 0 Å². The SMILES string of the molecule is CC(=O)N[C@@H](CS(=O)C=C(Cl)Cl)C(=O)O. The van der Waals surface area contributed by atoms with E-state index in [0.29, 0.717) is 0 Å². The number of hydrogen-bond acceptors (Lipinski definition) is 3. The number of amides is 1. The third-order valence-corrected chi connectivity index (χ3v) is 2.86. The Kier molecular flexibility index (Phi) is 6.55. The van der Waals surface area contributed by atoms with Crippen LogP contribution in [0.15, 0.2) is 9.90 Å². The van der Waals surface area contributed by atoms with Gasteiger partial charge < -0.3 is 10.4 Å². The highest BCUT2D eigenvalue weighted by molar-refractivity contribution is 7.88. The molecule has 0 aliphatic heterocycles. The smallest absolute Gasteiger partial charge is 0.327 e. The van der Waals surface area contributed by atoms with Crippen molar-refractivity contribution in [2.24, 2.45) is 0 Å². The summed E-state index contributed by atoms with van der Waals surface area (Å²) in [5, 5.41) is 11.8. The molecule has 0 bridgehead atoms. The van der Waals surface area contributed by atoms with E-state index in [1.807, 2.05) is 0 Å². The van der Waals surface area contributed by atoms with Crippen molar-refractivity contribution in [3.63, 3.8) is 0 Å². The molecule has 86 valence electrons. The van der Waals surface area contributed by atoms with Crippen molar-refractivity contribution in [1.29, 1.82) is 0 Å². The molecular weight excluding hydrogens is 265 g/mol. The van der Waals surface area contributed by atoms with Crippen LogP contribution in [0.1, 0.15) is 6.92 Å². The van der Waals surface area contributed by atoms with Crippen molar-refractivity contribution in [2.45, 2.75) is 13.0 Å². The summed E-state index contributed by atoms with van der Waals surface area (Å²) in [4.78, 5) is 21.2. The fourth-order valence-corrected chi connectivity index (χ4v) is 2.18. The lowest BCUT2D eigenvalue weighted by Crippen LogP contribution is -2.43. The van der Waals surface area contributed by atoms with Crippen LogP contribution in [0.2, 0.25) is 0 Å². The van der Waals surface area contributed by atoms with Gasteiger partial charge in [0.1, 0.15) is 10.5 Å². The Labute approximate surface area is 98.9 Å². The minimum Gasteiger partial charge on any atom is -0.480 e. The number of carboxylic acids is 1. The first-order chi connectivity index (χ1) is 6.82. The molecule has 2 N–H and O–H groups in total. The third-order valence-electron chi connectivity index (χ3n) is 1.23. The molecule has 0 aromatic rings. The lowest BCUT2D eigenvalue weighted by Gasteiger charge is -2.10. The zero-order valence-corrected chi connectivity index (χ0v) is 10.0. The molecule has 0 fully saturated rings. The second-order valence-corrected chi connectivity index (χ2v) is 4.88. The van der Waals surface area contributed by atoms with Crippen LogP contribution in [-0.4, -0.2) is 33.0 Å². The first kappa shape index (κ1) is 14.4. The molecule has 0 aliphatic rings. The molecule has 15 heavy (non-hydrogen) atoms. The Bertz CT molecular complexity index is 314. The van der Waals surface area contributed by atoms with Crippen LogP contribution in [0.25, 0.3) is 0 Å². The van der Waals surface area contributed by atoms with E-state index in [0.717, 1.165) is 5.41 Å². The van der Waals surface area contributed by atoms with E-state index < -0.39 is 28.7 Å². The minimum absolute atomic E-state index is 0.208. The second-order valence-electron chi connectivity index (χ2n) is 2.55. The van der Waals surface area contributed by atoms with Crippen molar-refractivity contribution in [1.82, 2.24) is 5.32 Å². The van der Waals surface area contributed by atoms with Gasteiger partial charge in [-0.3, -0.25) is 9.00 Å². The van der Waals surface area contributed by atoms with Gasteiger partial charge in [0.05, 0.1) is 16.6 Å². The van der Waals surface area contributed by atoms with Crippen LogP contribution in [0.3, 0.4) is 0 Å². The Morgan fingerprint density at radius 3 is 2.40 bits per heavy atom. The zero-order chi connectivity index (χ0) is 12.0. The third kappa shape index (κ3) is 7.35. The van der Waals surface area contributed by atoms with Crippen molar-refractivity contribution in [3.8, 4) is 0 Å². The predicted octanol–water partition coefficient (Wildman–Crippen LogP) is 0.601. The Hall–Kier alpha value is -0.590. The van der Waals surface area contributed by atoms with Gasteiger partial charge in [-0.05, 0) is 0 Å². The van der Waals surface area contributed by atoms with E-state index in [1.165, 1.54) is 6.92 Å². The minimum atomic E-state index is -1.64. The van der Waals surface area contributed by atoms with Crippen LogP contribution in [-0.2, 0) is 20.4 Å². The largest absolute Gasteiger partial charge is 0.480 e. The molecule has 1 unspecified atom stereocenters. The van der Waals surface area contributed by atoms with Crippen LogP contribution >= 0.6 is 23.2 Å². The van der Waals surface area contributed by atoms with Crippen LogP contribution in [0.5, 0.6) is 0 Å². The standard InChI is InChI=1S/C7H9Cl2NO4S/c1-4(11)10-5(7(12)13)2-15(14)3-6(8)9/h3,5H,2H2,1H3,(H,10,11)(H,12,13)/t5-,15?/m0/s1. The van der Waals surface area contributed by atoms with Crippen molar-refractivity contribution in [3.05, 3.63) is 9.90 Å². The molecule has 0 radical (unpaired) electrons. The highest BCUT2D eigenvalue weighted by atomic mass is 35.5. The van der Waals surface area contributed by atoms with Crippen molar-refractivity contribution >= 4 is 45.9 Å². The molecule has 0 saturated heterocycles. The van der Waals surface area contributed by atoms with Gasteiger partial charge in [0, 0.05) is 12.3 Å². The first-order valence-electron chi connectivity index (χ1n) is 3.73. The second kappa shape index (κ2) is 6.81. The highest BCUT2D eigenvalue weighted by Crippen LogP contribution is 2.08. The Balaban J connectivity index is 4.42. The van der Waals surface area contributed by atoms with Gasteiger partial charge in [-0.25, -0.2) is 4.79 Å². The molecule has 8 heteroatoms. The summed E-state index contributed by atoms with van der Waals surface area (Å²) in [6.07, 6.45) is 0. The first-order valence-corrected chi connectivity index (χ1v) is 5.86. The number of aliphatic carboxylic acids is 1. The van der Waals surface area contributed by atoms with Crippen molar-refractivity contribution in [2.75, 3.05) is 5.75 Å². The van der Waals surface area contributed by atoms with E-state index in [9.17, 15) is 13.8 Å². The van der Waals surface area contributed by atoms with Gasteiger partial charge in [0.25, 0.3) is 0 Å². The number of carbonyl (C=O) groups is 2. The maximum Gasteiger partial charge on any atom is 0.327 e. The van der Waals surface area contributed by atoms with E-state index in [4.69, 9.17) is 28.3 Å². The maximum absolute atomic E-state index is 11.2. The highest BCUT2D eigenvalue weighted by Gasteiger charge is 2.20. The fourth-order valence-electron chi connectivity index (χ4n) is 0.732. The summed E-state index contributed by atoms with van der Waals surface area (Å²) in [6, 6.07) is -1.22. The summed E-state index contributed by atoms with van der Waals surface area (Å²) in [5.74, 6) is -2.06. The van der Waals surface area contributed by atoms with Crippen LogP contribution < -0.4 is 5.32 Å². The molecule has 0 heterocycles. The zero-order valence-electron chi connectivity index (χ0n) is 7.70. The summed E-state index contributed by atoms with van der Waals surface area (Å²) in [6.45, 7) is 1.17. The number of carboxylic acid groups (broad SMARTS) is 1. The number of rotatable bonds is 5. The monoisotopic (exact) mass is 273 g/mol. The van der Waals surface area contributed by atoms with Crippen molar-refractivity contribution < 1.29 is 18.9 Å². The molecule has 0 aromatic carbocycles. The topological polar surface area (TPSA) is 83.5 Å². The predicted molar refractivity (Wildman–Crippen MR) is 58.0 cm³/mol. The molecule has 0 rings (SSSR count). The number of carbonyl (C=O) groups excluding carboxylic acids is 1. The van der Waals surface area contributed by atoms with Gasteiger partial charge in [-0.2, -0.15) is 0 Å². The number of halogens is 2. The van der Waals surface area contributed by atoms with E-state index in [-0.39, 0.29) is 10.2 Å². The quantitative estimate of drug-likeness (QED) is 0.769. The average Bonchev–Trinajstić information content (AvgIpc) is 1.99. The van der Waals surface area contributed by atoms with Crippen LogP contribution in [0, 0.1) is 0 Å². The maximum atomic E-state index is 11.2. The number of nitrogens with one attached hydrogen (secondary N) is 1. The summed E-state index contributed by atoms with van der Waals surface area (Å²) in [7, 11) is -1.64. The van der Waals surface area contributed by atoms with Gasteiger partial charge >= 0.3 is 5.97 Å². The van der Waals surface area contributed by atoms with Gasteiger partial charge in [-0.1, -0.05) is 23.2 Å². The summed E-state index contributed by atoms with van der Waals surface area (Å²) in [5.41, 5.74) is 0. The van der Waals surface area contributed by atoms with Gasteiger partial charge in [-0.15, -0.1) is 0 Å². The fraction of sp³-hybridized carbons (Fsp3) is 0.429. The van der Waals surface area contributed by atoms with Crippen LogP contribution in [0.4, 0.5) is 0 Å². The Morgan fingerprint density at radius 2 is 2.07 bits per heavy atom. The molecule has 0 aliphatic carbocycles. The van der Waals surface area contributed by atoms with E-state index >= 15 is 0 Å². The molecule has 5 nitrogen and oxygen atoms in total.